The van der Waals surface area contributed by atoms with Crippen LogP contribution in [0.3, 0.4) is 0 Å². The van der Waals surface area contributed by atoms with Crippen LogP contribution in [0.4, 0.5) is 0 Å². The molecule has 96 valence electrons. The molecule has 18 heavy (non-hydrogen) atoms. The molecule has 1 atom stereocenters. The van der Waals surface area contributed by atoms with E-state index in [1.165, 1.54) is 0 Å². The molecule has 0 bridgehead atoms. The second kappa shape index (κ2) is 5.31. The van der Waals surface area contributed by atoms with E-state index in [1.807, 2.05) is 20.2 Å². The molecule has 0 saturated heterocycles. The first-order valence-electron chi connectivity index (χ1n) is 5.68. The van der Waals surface area contributed by atoms with E-state index in [0.717, 1.165) is 17.7 Å². The van der Waals surface area contributed by atoms with Crippen molar-refractivity contribution in [2.24, 2.45) is 7.05 Å². The highest BCUT2D eigenvalue weighted by Gasteiger charge is 2.17. The average molecular weight is 285 g/mol. The summed E-state index contributed by atoms with van der Waals surface area (Å²) < 4.78 is 1.70. The van der Waals surface area contributed by atoms with Gasteiger partial charge in [0.25, 0.3) is 0 Å². The van der Waals surface area contributed by atoms with Gasteiger partial charge in [-0.2, -0.15) is 5.10 Å². The van der Waals surface area contributed by atoms with Gasteiger partial charge in [0, 0.05) is 18.8 Å². The van der Waals surface area contributed by atoms with Crippen molar-refractivity contribution in [2.75, 3.05) is 0 Å². The molecule has 5 heteroatoms. The highest BCUT2D eigenvalue weighted by atomic mass is 35.5. The summed E-state index contributed by atoms with van der Waals surface area (Å²) in [6, 6.07) is 5.14. The molecule has 2 aromatic rings. The molecule has 2 rings (SSSR count). The molecule has 0 aliphatic heterocycles. The average Bonchev–Trinajstić information content (AvgIpc) is 2.73. The van der Waals surface area contributed by atoms with E-state index in [4.69, 9.17) is 23.2 Å². The zero-order valence-corrected chi connectivity index (χ0v) is 11.7. The number of halogens is 2. The Morgan fingerprint density at radius 3 is 2.67 bits per heavy atom. The molecule has 0 aliphatic rings. The minimum absolute atomic E-state index is 0.440. The van der Waals surface area contributed by atoms with E-state index >= 15 is 0 Å². The SMILES string of the molecule is CCc1nn(C)cc1C(O)c1ccc(Cl)c(Cl)c1. The van der Waals surface area contributed by atoms with Gasteiger partial charge < -0.3 is 5.11 Å². The number of rotatable bonds is 3. The van der Waals surface area contributed by atoms with Gasteiger partial charge in [-0.15, -0.1) is 0 Å². The van der Waals surface area contributed by atoms with Crippen molar-refractivity contribution in [1.82, 2.24) is 9.78 Å². The Kier molecular flexibility index (Phi) is 3.95. The molecule has 0 radical (unpaired) electrons. The van der Waals surface area contributed by atoms with Gasteiger partial charge in [0.1, 0.15) is 6.10 Å². The minimum atomic E-state index is -0.733. The normalized spacial score (nSPS) is 12.7. The zero-order chi connectivity index (χ0) is 13.3. The summed E-state index contributed by atoms with van der Waals surface area (Å²) in [6.07, 6.45) is 1.86. The number of hydrogen-bond acceptors (Lipinski definition) is 2. The molecule has 0 saturated carbocycles. The number of aliphatic hydroxyl groups excluding tert-OH is 1. The predicted molar refractivity (Wildman–Crippen MR) is 73.1 cm³/mol. The molecule has 0 fully saturated rings. The fraction of sp³-hybridized carbons (Fsp3) is 0.308. The lowest BCUT2D eigenvalue weighted by atomic mass is 10.0. The van der Waals surface area contributed by atoms with Gasteiger partial charge in [-0.3, -0.25) is 4.68 Å². The third kappa shape index (κ3) is 2.53. The van der Waals surface area contributed by atoms with E-state index in [-0.39, 0.29) is 0 Å². The summed E-state index contributed by atoms with van der Waals surface area (Å²) >= 11 is 11.8. The molecule has 0 aliphatic carbocycles. The van der Waals surface area contributed by atoms with Gasteiger partial charge in [0.15, 0.2) is 0 Å². The van der Waals surface area contributed by atoms with E-state index < -0.39 is 6.10 Å². The summed E-state index contributed by atoms with van der Waals surface area (Å²) in [5, 5.41) is 15.6. The van der Waals surface area contributed by atoms with E-state index in [0.29, 0.717) is 15.6 Å². The Labute approximate surface area is 116 Å². The summed E-state index contributed by atoms with van der Waals surface area (Å²) in [5.41, 5.74) is 2.40. The first-order valence-corrected chi connectivity index (χ1v) is 6.44. The lowest BCUT2D eigenvalue weighted by Gasteiger charge is -2.11. The van der Waals surface area contributed by atoms with Crippen LogP contribution in [0.5, 0.6) is 0 Å². The molecule has 3 nitrogen and oxygen atoms in total. The highest BCUT2D eigenvalue weighted by molar-refractivity contribution is 6.42. The third-order valence-corrected chi connectivity index (χ3v) is 3.57. The molecule has 1 N–H and O–H groups in total. The summed E-state index contributed by atoms with van der Waals surface area (Å²) in [4.78, 5) is 0. The van der Waals surface area contributed by atoms with Gasteiger partial charge >= 0.3 is 0 Å². The monoisotopic (exact) mass is 284 g/mol. The minimum Gasteiger partial charge on any atom is -0.384 e. The number of hydrogen-bond donors (Lipinski definition) is 1. The molecular formula is C13H14Cl2N2O. The van der Waals surface area contributed by atoms with Crippen molar-refractivity contribution in [3.63, 3.8) is 0 Å². The maximum Gasteiger partial charge on any atom is 0.107 e. The van der Waals surface area contributed by atoms with Crippen molar-refractivity contribution < 1.29 is 5.11 Å². The Morgan fingerprint density at radius 1 is 1.33 bits per heavy atom. The predicted octanol–water partition coefficient (Wildman–Crippen LogP) is 3.37. The largest absolute Gasteiger partial charge is 0.384 e. The van der Waals surface area contributed by atoms with Crippen LogP contribution in [0.15, 0.2) is 24.4 Å². The van der Waals surface area contributed by atoms with E-state index in [1.54, 1.807) is 22.9 Å². The van der Waals surface area contributed by atoms with Crippen LogP contribution in [0.2, 0.25) is 10.0 Å². The number of aryl methyl sites for hydroxylation is 2. The van der Waals surface area contributed by atoms with Crippen LogP contribution in [0, 0.1) is 0 Å². The first-order chi connectivity index (χ1) is 8.52. The van der Waals surface area contributed by atoms with Crippen molar-refractivity contribution >= 4 is 23.2 Å². The fourth-order valence-electron chi connectivity index (χ4n) is 1.92. The quantitative estimate of drug-likeness (QED) is 0.939. The first kappa shape index (κ1) is 13.4. The van der Waals surface area contributed by atoms with Crippen LogP contribution < -0.4 is 0 Å². The van der Waals surface area contributed by atoms with Gasteiger partial charge in [0.05, 0.1) is 15.7 Å². The maximum absolute atomic E-state index is 10.4. The van der Waals surface area contributed by atoms with Crippen molar-refractivity contribution in [1.29, 1.82) is 0 Å². The number of benzene rings is 1. The third-order valence-electron chi connectivity index (χ3n) is 2.83. The molecule has 0 amide bonds. The van der Waals surface area contributed by atoms with E-state index in [2.05, 4.69) is 5.10 Å². The van der Waals surface area contributed by atoms with Crippen LogP contribution in [-0.4, -0.2) is 14.9 Å². The Hall–Kier alpha value is -1.03. The van der Waals surface area contributed by atoms with Crippen molar-refractivity contribution in [2.45, 2.75) is 19.4 Å². The van der Waals surface area contributed by atoms with Gasteiger partial charge in [-0.1, -0.05) is 36.2 Å². The summed E-state index contributed by atoms with van der Waals surface area (Å²) in [7, 11) is 1.84. The lowest BCUT2D eigenvalue weighted by Crippen LogP contribution is -2.01. The summed E-state index contributed by atoms with van der Waals surface area (Å²) in [6.45, 7) is 2.01. The Bertz CT molecular complexity index is 566. The molecule has 1 aromatic heterocycles. The van der Waals surface area contributed by atoms with E-state index in [9.17, 15) is 5.11 Å². The molecule has 1 aromatic carbocycles. The molecule has 1 heterocycles. The Balaban J connectivity index is 2.40. The number of aliphatic hydroxyl groups is 1. The van der Waals surface area contributed by atoms with Crippen LogP contribution in [0.1, 0.15) is 29.8 Å². The fourth-order valence-corrected chi connectivity index (χ4v) is 2.22. The highest BCUT2D eigenvalue weighted by Crippen LogP contribution is 2.30. The number of nitrogens with zero attached hydrogens (tertiary/aromatic N) is 2. The van der Waals surface area contributed by atoms with Gasteiger partial charge in [0.2, 0.25) is 0 Å². The van der Waals surface area contributed by atoms with Crippen LogP contribution in [0.25, 0.3) is 0 Å². The second-order valence-corrected chi connectivity index (χ2v) is 4.95. The lowest BCUT2D eigenvalue weighted by molar-refractivity contribution is 0.219. The van der Waals surface area contributed by atoms with Crippen LogP contribution in [-0.2, 0) is 13.5 Å². The standard InChI is InChI=1S/C13H14Cl2N2O/c1-3-12-9(7-17(2)16-12)13(18)8-4-5-10(14)11(15)6-8/h4-7,13,18H,3H2,1-2H3. The molecule has 1 unspecified atom stereocenters. The van der Waals surface area contributed by atoms with Crippen molar-refractivity contribution in [3.05, 3.63) is 51.3 Å². The second-order valence-electron chi connectivity index (χ2n) is 4.13. The zero-order valence-electron chi connectivity index (χ0n) is 10.2. The smallest absolute Gasteiger partial charge is 0.107 e. The maximum atomic E-state index is 10.4. The number of aromatic nitrogens is 2. The van der Waals surface area contributed by atoms with Crippen LogP contribution >= 0.6 is 23.2 Å². The Morgan fingerprint density at radius 2 is 2.06 bits per heavy atom. The van der Waals surface area contributed by atoms with Gasteiger partial charge in [-0.05, 0) is 24.1 Å². The van der Waals surface area contributed by atoms with Crippen molar-refractivity contribution in [3.8, 4) is 0 Å². The topological polar surface area (TPSA) is 38.0 Å². The summed E-state index contributed by atoms with van der Waals surface area (Å²) in [5.74, 6) is 0. The van der Waals surface area contributed by atoms with Gasteiger partial charge in [-0.25, -0.2) is 0 Å². The molecular weight excluding hydrogens is 271 g/mol. The molecule has 0 spiro atoms.